The van der Waals surface area contributed by atoms with Gasteiger partial charge in [-0.15, -0.1) is 0 Å². The lowest BCUT2D eigenvalue weighted by Gasteiger charge is -2.02. The Morgan fingerprint density at radius 3 is 2.86 bits per heavy atom. The van der Waals surface area contributed by atoms with Crippen LogP contribution in [0.3, 0.4) is 0 Å². The number of halogens is 2. The number of fused-ring (bicyclic) bond motifs is 1. The quantitative estimate of drug-likeness (QED) is 0.697. The first kappa shape index (κ1) is 14.3. The average Bonchev–Trinajstić information content (AvgIpc) is 2.83. The molecule has 0 radical (unpaired) electrons. The van der Waals surface area contributed by atoms with E-state index in [2.05, 4.69) is 15.3 Å². The average molecular weight is 338 g/mol. The lowest BCUT2D eigenvalue weighted by Crippen LogP contribution is -2.12. The van der Waals surface area contributed by atoms with Gasteiger partial charge in [0.15, 0.2) is 5.13 Å². The fourth-order valence-corrected chi connectivity index (χ4v) is 3.03. The Labute approximate surface area is 134 Å². The summed E-state index contributed by atoms with van der Waals surface area (Å²) < 4.78 is 1.03. The SMILES string of the molecule is Cc1ccc2nc(NC(=O)c3cnc(Cl)c(Cl)c3)sc2c1. The van der Waals surface area contributed by atoms with Crippen LogP contribution >= 0.6 is 34.5 Å². The molecule has 2 heterocycles. The third-order valence-corrected chi connectivity index (χ3v) is 4.44. The van der Waals surface area contributed by atoms with Crippen molar-refractivity contribution in [2.45, 2.75) is 6.92 Å². The monoisotopic (exact) mass is 337 g/mol. The van der Waals surface area contributed by atoms with Crippen LogP contribution in [-0.2, 0) is 0 Å². The fourth-order valence-electron chi connectivity index (χ4n) is 1.80. The largest absolute Gasteiger partial charge is 0.298 e. The van der Waals surface area contributed by atoms with Gasteiger partial charge < -0.3 is 0 Å². The number of anilines is 1. The van der Waals surface area contributed by atoms with Crippen molar-refractivity contribution in [1.29, 1.82) is 0 Å². The van der Waals surface area contributed by atoms with E-state index in [1.165, 1.54) is 23.6 Å². The molecule has 0 saturated heterocycles. The lowest BCUT2D eigenvalue weighted by molar-refractivity contribution is 0.102. The molecule has 1 aromatic carbocycles. The molecule has 0 spiro atoms. The maximum absolute atomic E-state index is 12.1. The summed E-state index contributed by atoms with van der Waals surface area (Å²) in [5, 5.41) is 3.68. The number of nitrogens with one attached hydrogen (secondary N) is 1. The van der Waals surface area contributed by atoms with Crippen molar-refractivity contribution in [3.63, 3.8) is 0 Å². The number of thiazole rings is 1. The molecule has 0 saturated carbocycles. The third kappa shape index (κ3) is 3.00. The molecule has 0 unspecified atom stereocenters. The number of carbonyl (C=O) groups is 1. The number of aromatic nitrogens is 2. The van der Waals surface area contributed by atoms with Crippen LogP contribution in [0.5, 0.6) is 0 Å². The summed E-state index contributed by atoms with van der Waals surface area (Å²) in [5.74, 6) is -0.322. The Balaban J connectivity index is 1.87. The van der Waals surface area contributed by atoms with Crippen molar-refractivity contribution >= 4 is 55.8 Å². The van der Waals surface area contributed by atoms with Gasteiger partial charge >= 0.3 is 0 Å². The molecular formula is C14H9Cl2N3OS. The van der Waals surface area contributed by atoms with Gasteiger partial charge in [0.05, 0.1) is 20.8 Å². The highest BCUT2D eigenvalue weighted by Crippen LogP contribution is 2.27. The molecule has 0 atom stereocenters. The number of rotatable bonds is 2. The van der Waals surface area contributed by atoms with E-state index in [1.807, 2.05) is 25.1 Å². The highest BCUT2D eigenvalue weighted by Gasteiger charge is 2.12. The van der Waals surface area contributed by atoms with E-state index >= 15 is 0 Å². The molecule has 7 heteroatoms. The van der Waals surface area contributed by atoms with Gasteiger partial charge in [0.25, 0.3) is 5.91 Å². The molecule has 0 bridgehead atoms. The number of amides is 1. The molecular weight excluding hydrogens is 329 g/mol. The highest BCUT2D eigenvalue weighted by atomic mass is 35.5. The Hall–Kier alpha value is -1.69. The van der Waals surface area contributed by atoms with E-state index in [0.717, 1.165) is 15.8 Å². The number of benzene rings is 1. The summed E-state index contributed by atoms with van der Waals surface area (Å²) in [6.07, 6.45) is 1.38. The van der Waals surface area contributed by atoms with Crippen LogP contribution in [0.4, 0.5) is 5.13 Å². The molecule has 3 rings (SSSR count). The minimum absolute atomic E-state index is 0.170. The van der Waals surface area contributed by atoms with Crippen LogP contribution in [0.1, 0.15) is 15.9 Å². The molecule has 106 valence electrons. The van der Waals surface area contributed by atoms with Crippen LogP contribution in [-0.4, -0.2) is 15.9 Å². The third-order valence-electron chi connectivity index (χ3n) is 2.82. The van der Waals surface area contributed by atoms with E-state index in [9.17, 15) is 4.79 Å². The number of hydrogen-bond donors (Lipinski definition) is 1. The van der Waals surface area contributed by atoms with Gasteiger partial charge in [0, 0.05) is 6.20 Å². The number of nitrogens with zero attached hydrogens (tertiary/aromatic N) is 2. The molecule has 1 amide bonds. The fraction of sp³-hybridized carbons (Fsp3) is 0.0714. The van der Waals surface area contributed by atoms with Crippen molar-refractivity contribution in [3.05, 3.63) is 51.8 Å². The minimum atomic E-state index is -0.322. The van der Waals surface area contributed by atoms with Gasteiger partial charge in [-0.3, -0.25) is 10.1 Å². The van der Waals surface area contributed by atoms with Crippen LogP contribution in [0.15, 0.2) is 30.5 Å². The molecule has 4 nitrogen and oxygen atoms in total. The van der Waals surface area contributed by atoms with Gasteiger partial charge in [0.1, 0.15) is 5.15 Å². The summed E-state index contributed by atoms with van der Waals surface area (Å²) in [4.78, 5) is 20.4. The molecule has 1 N–H and O–H groups in total. The predicted octanol–water partition coefficient (Wildman–Crippen LogP) is 4.56. The summed E-state index contributed by atoms with van der Waals surface area (Å²) in [5.41, 5.74) is 2.34. The number of aryl methyl sites for hydroxylation is 1. The summed E-state index contributed by atoms with van der Waals surface area (Å²) in [7, 11) is 0. The second kappa shape index (κ2) is 5.60. The first-order chi connectivity index (χ1) is 10.0. The maximum Gasteiger partial charge on any atom is 0.259 e. The Kier molecular flexibility index (Phi) is 3.80. The first-order valence-corrected chi connectivity index (χ1v) is 7.60. The van der Waals surface area contributed by atoms with Crippen LogP contribution in [0.2, 0.25) is 10.2 Å². The van der Waals surface area contributed by atoms with Crippen LogP contribution in [0.25, 0.3) is 10.2 Å². The molecule has 2 aromatic heterocycles. The maximum atomic E-state index is 12.1. The summed E-state index contributed by atoms with van der Waals surface area (Å²) in [6.45, 7) is 2.01. The first-order valence-electron chi connectivity index (χ1n) is 6.02. The van der Waals surface area contributed by atoms with Crippen LogP contribution < -0.4 is 5.32 Å². The summed E-state index contributed by atoms with van der Waals surface area (Å²) in [6, 6.07) is 7.42. The zero-order valence-corrected chi connectivity index (χ0v) is 13.2. The molecule has 21 heavy (non-hydrogen) atoms. The Morgan fingerprint density at radius 1 is 1.29 bits per heavy atom. The van der Waals surface area contributed by atoms with Gasteiger partial charge in [-0.05, 0) is 30.7 Å². The zero-order valence-electron chi connectivity index (χ0n) is 10.9. The molecule has 0 aliphatic rings. The predicted molar refractivity (Wildman–Crippen MR) is 86.6 cm³/mol. The van der Waals surface area contributed by atoms with E-state index in [1.54, 1.807) is 0 Å². The molecule has 0 fully saturated rings. The smallest absolute Gasteiger partial charge is 0.259 e. The van der Waals surface area contributed by atoms with E-state index < -0.39 is 0 Å². The second-order valence-corrected chi connectivity index (χ2v) is 6.24. The van der Waals surface area contributed by atoms with Crippen molar-refractivity contribution in [2.75, 3.05) is 5.32 Å². The standard InChI is InChI=1S/C14H9Cl2N3OS/c1-7-2-3-10-11(4-7)21-14(18-10)19-13(20)8-5-9(15)12(16)17-6-8/h2-6H,1H3,(H,18,19,20). The van der Waals surface area contributed by atoms with E-state index in [4.69, 9.17) is 23.2 Å². The summed E-state index contributed by atoms with van der Waals surface area (Å²) >= 11 is 13.0. The van der Waals surface area contributed by atoms with Gasteiger partial charge in [-0.2, -0.15) is 0 Å². The number of hydrogen-bond acceptors (Lipinski definition) is 4. The van der Waals surface area contributed by atoms with Gasteiger partial charge in [-0.25, -0.2) is 9.97 Å². The Morgan fingerprint density at radius 2 is 2.10 bits per heavy atom. The van der Waals surface area contributed by atoms with Crippen molar-refractivity contribution in [3.8, 4) is 0 Å². The number of carbonyl (C=O) groups excluding carboxylic acids is 1. The van der Waals surface area contributed by atoms with Gasteiger partial charge in [-0.1, -0.05) is 40.6 Å². The number of pyridine rings is 1. The molecule has 0 aliphatic heterocycles. The van der Waals surface area contributed by atoms with Crippen LogP contribution in [0, 0.1) is 6.92 Å². The lowest BCUT2D eigenvalue weighted by atomic mass is 10.2. The zero-order chi connectivity index (χ0) is 15.0. The van der Waals surface area contributed by atoms with Gasteiger partial charge in [0.2, 0.25) is 0 Å². The normalized spacial score (nSPS) is 10.8. The minimum Gasteiger partial charge on any atom is -0.298 e. The highest BCUT2D eigenvalue weighted by molar-refractivity contribution is 7.22. The van der Waals surface area contributed by atoms with Crippen molar-refractivity contribution in [1.82, 2.24) is 9.97 Å². The Bertz CT molecular complexity index is 847. The second-order valence-electron chi connectivity index (χ2n) is 4.44. The van der Waals surface area contributed by atoms with Crippen molar-refractivity contribution in [2.24, 2.45) is 0 Å². The molecule has 3 aromatic rings. The van der Waals surface area contributed by atoms with Crippen molar-refractivity contribution < 1.29 is 4.79 Å². The van der Waals surface area contributed by atoms with E-state index in [-0.39, 0.29) is 16.1 Å². The molecule has 0 aliphatic carbocycles. The topological polar surface area (TPSA) is 54.9 Å². The van der Waals surface area contributed by atoms with E-state index in [0.29, 0.717) is 10.7 Å².